The Kier molecular flexibility index (Phi) is 7.16. The van der Waals surface area contributed by atoms with Gasteiger partial charge in [-0.25, -0.2) is 13.1 Å². The number of ether oxygens (including phenoxy) is 1. The predicted octanol–water partition coefficient (Wildman–Crippen LogP) is 0.437. The van der Waals surface area contributed by atoms with E-state index in [4.69, 9.17) is 4.74 Å². The van der Waals surface area contributed by atoms with Crippen molar-refractivity contribution in [1.82, 2.24) is 14.9 Å². The number of methoxy groups -OCH3 is 1. The van der Waals surface area contributed by atoms with Gasteiger partial charge >= 0.3 is 0 Å². The lowest BCUT2D eigenvalue weighted by molar-refractivity contribution is 0.0937. The highest BCUT2D eigenvalue weighted by atomic mass is 32.2. The molecule has 0 aliphatic carbocycles. The largest absolute Gasteiger partial charge is 0.383 e. The summed E-state index contributed by atoms with van der Waals surface area (Å²) in [5.41, 5.74) is 0.419. The highest BCUT2D eigenvalue weighted by Gasteiger charge is 2.16. The van der Waals surface area contributed by atoms with Crippen molar-refractivity contribution >= 4 is 15.9 Å². The summed E-state index contributed by atoms with van der Waals surface area (Å²) >= 11 is 0. The average Bonchev–Trinajstić information content (AvgIpc) is 3.08. The van der Waals surface area contributed by atoms with Gasteiger partial charge < -0.3 is 15.0 Å². The van der Waals surface area contributed by atoms with Gasteiger partial charge in [0.15, 0.2) is 0 Å². The van der Waals surface area contributed by atoms with E-state index in [1.807, 2.05) is 0 Å². The first kappa shape index (κ1) is 18.9. The maximum absolute atomic E-state index is 12.3. The van der Waals surface area contributed by atoms with Crippen LogP contribution in [0.4, 0.5) is 0 Å². The summed E-state index contributed by atoms with van der Waals surface area (Å²) in [7, 11) is -1.99. The molecule has 0 bridgehead atoms. The SMILES string of the molecule is COCCNC(=O)c1ccc(S(=O)(=O)NCCN2CCCC2)cc1. The second-order valence-corrected chi connectivity index (χ2v) is 7.49. The molecule has 1 heterocycles. The van der Waals surface area contributed by atoms with E-state index < -0.39 is 10.0 Å². The number of nitrogens with one attached hydrogen (secondary N) is 2. The van der Waals surface area contributed by atoms with E-state index in [2.05, 4.69) is 14.9 Å². The standard InChI is InChI=1S/C16H25N3O4S/c1-23-13-9-17-16(20)14-4-6-15(7-5-14)24(21,22)18-8-12-19-10-2-3-11-19/h4-7,18H,2-3,8-13H2,1H3,(H,17,20). The molecule has 0 unspecified atom stereocenters. The topological polar surface area (TPSA) is 87.7 Å². The number of nitrogens with zero attached hydrogens (tertiary/aromatic N) is 1. The summed E-state index contributed by atoms with van der Waals surface area (Å²) in [6.07, 6.45) is 2.36. The number of benzene rings is 1. The second kappa shape index (κ2) is 9.12. The van der Waals surface area contributed by atoms with Crippen molar-refractivity contribution in [2.45, 2.75) is 17.7 Å². The minimum atomic E-state index is -3.54. The molecule has 1 fully saturated rings. The van der Waals surface area contributed by atoms with Crippen molar-refractivity contribution in [3.8, 4) is 0 Å². The monoisotopic (exact) mass is 355 g/mol. The fraction of sp³-hybridized carbons (Fsp3) is 0.562. The van der Waals surface area contributed by atoms with Crippen molar-refractivity contribution < 1.29 is 17.9 Å². The lowest BCUT2D eigenvalue weighted by Crippen LogP contribution is -2.33. The minimum Gasteiger partial charge on any atom is -0.383 e. The summed E-state index contributed by atoms with van der Waals surface area (Å²) in [6, 6.07) is 5.92. The molecule has 0 saturated carbocycles. The fourth-order valence-corrected chi connectivity index (χ4v) is 3.60. The Balaban J connectivity index is 1.86. The number of hydrogen-bond acceptors (Lipinski definition) is 5. The van der Waals surface area contributed by atoms with Crippen LogP contribution in [0.15, 0.2) is 29.2 Å². The van der Waals surface area contributed by atoms with Crippen LogP contribution in [0.2, 0.25) is 0 Å². The first-order valence-corrected chi connectivity index (χ1v) is 9.60. The molecule has 1 aliphatic rings. The number of carbonyl (C=O) groups is 1. The van der Waals surface area contributed by atoms with Crippen molar-refractivity contribution in [3.63, 3.8) is 0 Å². The average molecular weight is 355 g/mol. The molecule has 2 rings (SSSR count). The minimum absolute atomic E-state index is 0.164. The highest BCUT2D eigenvalue weighted by molar-refractivity contribution is 7.89. The Labute approximate surface area is 143 Å². The Hall–Kier alpha value is -1.48. The number of sulfonamides is 1. The molecule has 134 valence electrons. The molecule has 0 aromatic heterocycles. The van der Waals surface area contributed by atoms with Crippen LogP contribution >= 0.6 is 0 Å². The molecule has 1 aromatic carbocycles. The molecule has 1 aromatic rings. The van der Waals surface area contributed by atoms with E-state index in [1.165, 1.54) is 37.1 Å². The van der Waals surface area contributed by atoms with Crippen molar-refractivity contribution in [2.24, 2.45) is 0 Å². The molecular weight excluding hydrogens is 330 g/mol. The zero-order valence-electron chi connectivity index (χ0n) is 14.0. The second-order valence-electron chi connectivity index (χ2n) is 5.72. The smallest absolute Gasteiger partial charge is 0.251 e. The zero-order valence-corrected chi connectivity index (χ0v) is 14.8. The van der Waals surface area contributed by atoms with Crippen LogP contribution in [-0.2, 0) is 14.8 Å². The van der Waals surface area contributed by atoms with Crippen LogP contribution in [0.3, 0.4) is 0 Å². The molecule has 0 spiro atoms. The molecule has 2 N–H and O–H groups in total. The molecule has 0 atom stereocenters. The molecule has 1 aliphatic heterocycles. The van der Waals surface area contributed by atoms with Crippen molar-refractivity contribution in [2.75, 3.05) is 46.4 Å². The van der Waals surface area contributed by atoms with Gasteiger partial charge in [-0.15, -0.1) is 0 Å². The third-order valence-electron chi connectivity index (χ3n) is 3.94. The Morgan fingerprint density at radius 1 is 1.17 bits per heavy atom. The Morgan fingerprint density at radius 3 is 2.46 bits per heavy atom. The quantitative estimate of drug-likeness (QED) is 0.628. The Bertz CT molecular complexity index is 625. The molecular formula is C16H25N3O4S. The number of rotatable bonds is 9. The molecule has 24 heavy (non-hydrogen) atoms. The fourth-order valence-electron chi connectivity index (χ4n) is 2.58. The van der Waals surface area contributed by atoms with Gasteiger partial charge in [-0.05, 0) is 50.2 Å². The first-order chi connectivity index (χ1) is 11.5. The summed E-state index contributed by atoms with van der Waals surface area (Å²) in [4.78, 5) is 14.3. The lowest BCUT2D eigenvalue weighted by Gasteiger charge is -2.15. The zero-order chi connectivity index (χ0) is 17.4. The van der Waals surface area contributed by atoms with Crippen LogP contribution in [0.1, 0.15) is 23.2 Å². The van der Waals surface area contributed by atoms with E-state index in [0.717, 1.165) is 19.6 Å². The van der Waals surface area contributed by atoms with Gasteiger partial charge in [0.25, 0.3) is 5.91 Å². The van der Waals surface area contributed by atoms with Gasteiger partial charge in [-0.2, -0.15) is 0 Å². The summed E-state index contributed by atoms with van der Waals surface area (Å²) in [6.45, 7) is 4.02. The molecule has 1 amide bonds. The maximum Gasteiger partial charge on any atom is 0.251 e. The third kappa shape index (κ3) is 5.55. The van der Waals surface area contributed by atoms with Gasteiger partial charge in [-0.3, -0.25) is 4.79 Å². The molecule has 0 radical (unpaired) electrons. The summed E-state index contributed by atoms with van der Waals surface area (Å²) in [5, 5.41) is 2.69. The van der Waals surface area contributed by atoms with Crippen molar-refractivity contribution in [3.05, 3.63) is 29.8 Å². The first-order valence-electron chi connectivity index (χ1n) is 8.12. The lowest BCUT2D eigenvalue weighted by atomic mass is 10.2. The highest BCUT2D eigenvalue weighted by Crippen LogP contribution is 2.11. The summed E-state index contributed by atoms with van der Waals surface area (Å²) in [5.74, 6) is -0.252. The van der Waals surface area contributed by atoms with Gasteiger partial charge in [0.05, 0.1) is 11.5 Å². The van der Waals surface area contributed by atoms with E-state index in [9.17, 15) is 13.2 Å². The molecule has 8 heteroatoms. The summed E-state index contributed by atoms with van der Waals surface area (Å²) < 4.78 is 32.0. The van der Waals surface area contributed by atoms with E-state index in [0.29, 0.717) is 25.3 Å². The van der Waals surface area contributed by atoms with Gasteiger partial charge in [0.1, 0.15) is 0 Å². The number of hydrogen-bond donors (Lipinski definition) is 2. The third-order valence-corrected chi connectivity index (χ3v) is 5.41. The van der Waals surface area contributed by atoms with Crippen molar-refractivity contribution in [1.29, 1.82) is 0 Å². The van der Waals surface area contributed by atoms with Gasteiger partial charge in [0.2, 0.25) is 10.0 Å². The molecule has 1 saturated heterocycles. The Morgan fingerprint density at radius 2 is 1.83 bits per heavy atom. The normalized spacial score (nSPS) is 15.5. The predicted molar refractivity (Wildman–Crippen MR) is 91.5 cm³/mol. The van der Waals surface area contributed by atoms with Crippen LogP contribution in [0.25, 0.3) is 0 Å². The van der Waals surface area contributed by atoms with Crippen LogP contribution in [0.5, 0.6) is 0 Å². The van der Waals surface area contributed by atoms with E-state index in [1.54, 1.807) is 7.11 Å². The van der Waals surface area contributed by atoms with Gasteiger partial charge in [-0.1, -0.05) is 0 Å². The van der Waals surface area contributed by atoms with E-state index in [-0.39, 0.29) is 10.8 Å². The number of likely N-dealkylation sites (tertiary alicyclic amines) is 1. The van der Waals surface area contributed by atoms with Crippen LogP contribution in [-0.4, -0.2) is 65.7 Å². The van der Waals surface area contributed by atoms with Crippen LogP contribution < -0.4 is 10.0 Å². The van der Waals surface area contributed by atoms with E-state index >= 15 is 0 Å². The number of amides is 1. The number of carbonyl (C=O) groups excluding carboxylic acids is 1. The molecule has 7 nitrogen and oxygen atoms in total. The van der Waals surface area contributed by atoms with Crippen LogP contribution in [0, 0.1) is 0 Å². The van der Waals surface area contributed by atoms with Gasteiger partial charge in [0, 0.05) is 32.3 Å². The maximum atomic E-state index is 12.3.